The van der Waals surface area contributed by atoms with Gasteiger partial charge < -0.3 is 9.80 Å². The highest BCUT2D eigenvalue weighted by atomic mass is 16.2. The molecule has 0 saturated heterocycles. The highest BCUT2D eigenvalue weighted by Crippen LogP contribution is 2.31. The average molecular weight is 274 g/mol. The number of carbonyl (C=O) groups excluding carboxylic acids is 1. The zero-order chi connectivity index (χ0) is 14.7. The van der Waals surface area contributed by atoms with Crippen LogP contribution in [0.4, 0.5) is 5.69 Å². The van der Waals surface area contributed by atoms with E-state index in [0.29, 0.717) is 24.5 Å². The van der Waals surface area contributed by atoms with Crippen LogP contribution in [0.2, 0.25) is 0 Å². The van der Waals surface area contributed by atoms with Crippen molar-refractivity contribution in [1.29, 1.82) is 0 Å². The van der Waals surface area contributed by atoms with Gasteiger partial charge in [0.15, 0.2) is 0 Å². The van der Waals surface area contributed by atoms with E-state index >= 15 is 0 Å². The molecule has 0 N–H and O–H groups in total. The molecule has 0 aliphatic heterocycles. The predicted octanol–water partition coefficient (Wildman–Crippen LogP) is 3.16. The van der Waals surface area contributed by atoms with Gasteiger partial charge in [0, 0.05) is 24.8 Å². The zero-order valence-electron chi connectivity index (χ0n) is 13.0. The van der Waals surface area contributed by atoms with E-state index in [0.717, 1.165) is 18.5 Å². The van der Waals surface area contributed by atoms with Crippen molar-refractivity contribution in [3.8, 4) is 0 Å². The molecule has 1 unspecified atom stereocenters. The summed E-state index contributed by atoms with van der Waals surface area (Å²) in [7, 11) is 1.98. The van der Waals surface area contributed by atoms with Crippen LogP contribution >= 0.6 is 0 Å². The van der Waals surface area contributed by atoms with E-state index < -0.39 is 0 Å². The molecule has 3 heteroatoms. The zero-order valence-corrected chi connectivity index (χ0v) is 13.0. The Morgan fingerprint density at radius 1 is 1.20 bits per heavy atom. The van der Waals surface area contributed by atoms with Crippen LogP contribution in [0.3, 0.4) is 0 Å². The van der Waals surface area contributed by atoms with Crippen molar-refractivity contribution in [3.63, 3.8) is 0 Å². The van der Waals surface area contributed by atoms with Gasteiger partial charge >= 0.3 is 0 Å². The van der Waals surface area contributed by atoms with Gasteiger partial charge in [-0.15, -0.1) is 0 Å². The number of nitrogens with zero attached hydrogens (tertiary/aromatic N) is 2. The number of rotatable bonds is 6. The van der Waals surface area contributed by atoms with E-state index in [1.54, 1.807) is 0 Å². The number of hydrogen-bond acceptors (Lipinski definition) is 2. The topological polar surface area (TPSA) is 23.6 Å². The van der Waals surface area contributed by atoms with Gasteiger partial charge in [-0.2, -0.15) is 0 Å². The minimum absolute atomic E-state index is 0.250. The molecule has 1 saturated carbocycles. The van der Waals surface area contributed by atoms with Crippen LogP contribution in [0.25, 0.3) is 0 Å². The first-order valence-corrected chi connectivity index (χ1v) is 7.58. The molecule has 1 amide bonds. The first-order valence-electron chi connectivity index (χ1n) is 7.58. The van der Waals surface area contributed by atoms with E-state index in [1.165, 1.54) is 0 Å². The Hall–Kier alpha value is -1.51. The molecule has 20 heavy (non-hydrogen) atoms. The first kappa shape index (κ1) is 14.9. The molecule has 1 atom stereocenters. The van der Waals surface area contributed by atoms with Crippen LogP contribution < -0.4 is 4.90 Å². The Kier molecular flexibility index (Phi) is 4.69. The molecule has 0 radical (unpaired) electrons. The molecule has 1 aliphatic rings. The third-order valence-electron chi connectivity index (χ3n) is 4.20. The van der Waals surface area contributed by atoms with Crippen LogP contribution in [-0.2, 0) is 4.79 Å². The van der Waals surface area contributed by atoms with Crippen molar-refractivity contribution in [2.75, 3.05) is 18.5 Å². The van der Waals surface area contributed by atoms with E-state index in [2.05, 4.69) is 25.7 Å². The van der Waals surface area contributed by atoms with E-state index in [4.69, 9.17) is 0 Å². The lowest BCUT2D eigenvalue weighted by molar-refractivity contribution is -0.133. The number of carbonyl (C=O) groups is 1. The lowest BCUT2D eigenvalue weighted by Gasteiger charge is -2.33. The Balaban J connectivity index is 2.02. The summed E-state index contributed by atoms with van der Waals surface area (Å²) in [4.78, 5) is 16.8. The maximum absolute atomic E-state index is 12.6. The molecule has 2 rings (SSSR count). The van der Waals surface area contributed by atoms with Crippen molar-refractivity contribution in [2.45, 2.75) is 45.7 Å². The highest BCUT2D eigenvalue weighted by Gasteiger charge is 2.36. The minimum Gasteiger partial charge on any atom is -0.365 e. The lowest BCUT2D eigenvalue weighted by Crippen LogP contribution is -2.47. The van der Waals surface area contributed by atoms with Crippen LogP contribution in [-0.4, -0.2) is 36.5 Å². The Labute approximate surface area is 122 Å². The molecule has 1 aliphatic carbocycles. The van der Waals surface area contributed by atoms with Gasteiger partial charge in [-0.05, 0) is 37.8 Å². The van der Waals surface area contributed by atoms with E-state index in [9.17, 15) is 4.79 Å². The predicted molar refractivity (Wildman–Crippen MR) is 83.9 cm³/mol. The number of amides is 1. The summed E-state index contributed by atoms with van der Waals surface area (Å²) in [5.41, 5.74) is 1.09. The summed E-state index contributed by atoms with van der Waals surface area (Å²) in [6.07, 6.45) is 2.33. The quantitative estimate of drug-likeness (QED) is 0.795. The fourth-order valence-corrected chi connectivity index (χ4v) is 2.50. The molecule has 0 spiro atoms. The molecule has 1 aromatic carbocycles. The number of likely N-dealkylation sites (N-methyl/N-ethyl adjacent to an activating group) is 1. The fraction of sp³-hybridized carbons (Fsp3) is 0.588. The van der Waals surface area contributed by atoms with E-state index in [-0.39, 0.29) is 5.91 Å². The highest BCUT2D eigenvalue weighted by molar-refractivity contribution is 5.82. The van der Waals surface area contributed by atoms with Crippen molar-refractivity contribution in [1.82, 2.24) is 4.90 Å². The van der Waals surface area contributed by atoms with Gasteiger partial charge in [-0.25, -0.2) is 0 Å². The molecular weight excluding hydrogens is 248 g/mol. The second-order valence-corrected chi connectivity index (χ2v) is 6.21. The van der Waals surface area contributed by atoms with Crippen LogP contribution in [0.15, 0.2) is 30.3 Å². The van der Waals surface area contributed by atoms with Crippen molar-refractivity contribution >= 4 is 11.6 Å². The summed E-state index contributed by atoms with van der Waals surface area (Å²) >= 11 is 0. The van der Waals surface area contributed by atoms with Crippen LogP contribution in [0.1, 0.15) is 33.6 Å². The monoisotopic (exact) mass is 274 g/mol. The number of hydrogen-bond donors (Lipinski definition) is 0. The molecule has 3 nitrogen and oxygen atoms in total. The van der Waals surface area contributed by atoms with Gasteiger partial charge in [0.2, 0.25) is 5.91 Å². The second kappa shape index (κ2) is 6.29. The summed E-state index contributed by atoms with van der Waals surface area (Å²) in [6, 6.07) is 10.9. The number of para-hydroxylation sites is 1. The number of benzene rings is 1. The molecule has 0 aromatic heterocycles. The van der Waals surface area contributed by atoms with E-state index in [1.807, 2.05) is 42.3 Å². The average Bonchev–Trinajstić information content (AvgIpc) is 3.24. The molecule has 1 aromatic rings. The molecule has 1 fully saturated rings. The normalized spacial score (nSPS) is 16.1. The van der Waals surface area contributed by atoms with Crippen molar-refractivity contribution in [3.05, 3.63) is 30.3 Å². The van der Waals surface area contributed by atoms with Gasteiger partial charge in [-0.3, -0.25) is 4.79 Å². The Morgan fingerprint density at radius 2 is 1.80 bits per heavy atom. The Bertz CT molecular complexity index is 440. The van der Waals surface area contributed by atoms with Gasteiger partial charge in [0.05, 0.1) is 6.54 Å². The lowest BCUT2D eigenvalue weighted by atomic mass is 10.0. The third-order valence-corrected chi connectivity index (χ3v) is 4.20. The SMILES string of the molecule is CC(C)C(C)N(C(=O)CN(C)c1ccccc1)C1CC1. The number of anilines is 1. The largest absolute Gasteiger partial charge is 0.365 e. The summed E-state index contributed by atoms with van der Waals surface area (Å²) in [6.45, 7) is 7.00. The second-order valence-electron chi connectivity index (χ2n) is 6.21. The van der Waals surface area contributed by atoms with Crippen molar-refractivity contribution < 1.29 is 4.79 Å². The summed E-state index contributed by atoms with van der Waals surface area (Å²) < 4.78 is 0. The first-order chi connectivity index (χ1) is 9.50. The molecular formula is C17H26N2O. The smallest absolute Gasteiger partial charge is 0.242 e. The van der Waals surface area contributed by atoms with Crippen molar-refractivity contribution in [2.24, 2.45) is 5.92 Å². The van der Waals surface area contributed by atoms with Gasteiger partial charge in [-0.1, -0.05) is 32.0 Å². The van der Waals surface area contributed by atoms with Crippen LogP contribution in [0.5, 0.6) is 0 Å². The summed E-state index contributed by atoms with van der Waals surface area (Å²) in [5, 5.41) is 0. The Morgan fingerprint density at radius 3 is 2.30 bits per heavy atom. The summed E-state index contributed by atoms with van der Waals surface area (Å²) in [5.74, 6) is 0.752. The van der Waals surface area contributed by atoms with Crippen LogP contribution in [0, 0.1) is 5.92 Å². The van der Waals surface area contributed by atoms with Gasteiger partial charge in [0.25, 0.3) is 0 Å². The molecule has 0 bridgehead atoms. The maximum atomic E-state index is 12.6. The van der Waals surface area contributed by atoms with Gasteiger partial charge in [0.1, 0.15) is 0 Å². The molecule has 110 valence electrons. The standard InChI is InChI=1S/C17H26N2O/c1-13(2)14(3)19(16-10-11-16)17(20)12-18(4)15-8-6-5-7-9-15/h5-9,13-14,16H,10-12H2,1-4H3. The third kappa shape index (κ3) is 3.53. The fourth-order valence-electron chi connectivity index (χ4n) is 2.50. The minimum atomic E-state index is 0.250. The molecule has 0 heterocycles. The maximum Gasteiger partial charge on any atom is 0.242 e.